The number of thiophene rings is 1. The van der Waals surface area contributed by atoms with Crippen LogP contribution in [0.2, 0.25) is 5.02 Å². The first-order valence-corrected chi connectivity index (χ1v) is 8.13. The fraction of sp³-hybridized carbons (Fsp3) is 0.250. The molecule has 0 atom stereocenters. The van der Waals surface area contributed by atoms with Gasteiger partial charge >= 0.3 is 0 Å². The van der Waals surface area contributed by atoms with Crippen molar-refractivity contribution in [2.45, 2.75) is 26.7 Å². The minimum absolute atomic E-state index is 0.0627. The van der Waals surface area contributed by atoms with Gasteiger partial charge in [-0.15, -0.1) is 11.3 Å². The Labute approximate surface area is 131 Å². The number of benzene rings is 1. The van der Waals surface area contributed by atoms with Crippen LogP contribution in [0.4, 0.5) is 0 Å². The van der Waals surface area contributed by atoms with Gasteiger partial charge in [-0.25, -0.2) is 4.98 Å². The van der Waals surface area contributed by atoms with Gasteiger partial charge in [-0.05, 0) is 36.6 Å². The van der Waals surface area contributed by atoms with Gasteiger partial charge in [-0.3, -0.25) is 4.79 Å². The van der Waals surface area contributed by atoms with Crippen LogP contribution in [0.1, 0.15) is 24.7 Å². The van der Waals surface area contributed by atoms with Crippen LogP contribution in [0.15, 0.2) is 28.4 Å². The second-order valence-corrected chi connectivity index (χ2v) is 6.32. The number of aromatic nitrogens is 2. The number of rotatable bonds is 3. The number of nitrogens with zero attached hydrogens (tertiary/aromatic N) is 1. The summed E-state index contributed by atoms with van der Waals surface area (Å²) in [7, 11) is 0. The predicted molar refractivity (Wildman–Crippen MR) is 89.4 cm³/mol. The van der Waals surface area contributed by atoms with Gasteiger partial charge in [-0.1, -0.05) is 24.6 Å². The third kappa shape index (κ3) is 2.61. The average molecular weight is 319 g/mol. The van der Waals surface area contributed by atoms with E-state index < -0.39 is 0 Å². The summed E-state index contributed by atoms with van der Waals surface area (Å²) in [6.45, 7) is 4.03. The van der Waals surface area contributed by atoms with E-state index in [0.29, 0.717) is 5.39 Å². The Morgan fingerprint density at radius 3 is 2.90 bits per heavy atom. The molecule has 2 aromatic heterocycles. The summed E-state index contributed by atoms with van der Waals surface area (Å²) in [4.78, 5) is 20.6. The summed E-state index contributed by atoms with van der Waals surface area (Å²) < 4.78 is 0. The summed E-state index contributed by atoms with van der Waals surface area (Å²) in [6, 6.07) is 5.81. The molecule has 1 aromatic carbocycles. The third-order valence-corrected chi connectivity index (χ3v) is 4.75. The second-order valence-electron chi connectivity index (χ2n) is 5.06. The van der Waals surface area contributed by atoms with Gasteiger partial charge in [-0.2, -0.15) is 0 Å². The second kappa shape index (κ2) is 5.62. The van der Waals surface area contributed by atoms with Crippen LogP contribution < -0.4 is 5.56 Å². The van der Waals surface area contributed by atoms with E-state index >= 15 is 0 Å². The maximum atomic E-state index is 12.4. The summed E-state index contributed by atoms with van der Waals surface area (Å²) in [6.07, 6.45) is 1.75. The van der Waals surface area contributed by atoms with Gasteiger partial charge in [0.05, 0.1) is 5.39 Å². The monoisotopic (exact) mass is 318 g/mol. The van der Waals surface area contributed by atoms with E-state index in [-0.39, 0.29) is 5.56 Å². The maximum Gasteiger partial charge on any atom is 0.260 e. The van der Waals surface area contributed by atoms with E-state index in [2.05, 4.69) is 16.9 Å². The molecule has 0 amide bonds. The lowest BCUT2D eigenvalue weighted by Crippen LogP contribution is -2.11. The molecule has 0 unspecified atom stereocenters. The summed E-state index contributed by atoms with van der Waals surface area (Å²) in [5.41, 5.74) is 2.86. The standard InChI is InChI=1S/C16H15ClN2OS/c1-3-4-13-18-15(20)14-11(8-21-16(14)19-13)10-5-6-12(17)9(2)7-10/h5-8H,3-4H2,1-2H3,(H,18,19,20). The van der Waals surface area contributed by atoms with Crippen LogP contribution >= 0.6 is 22.9 Å². The van der Waals surface area contributed by atoms with Gasteiger partial charge in [0, 0.05) is 22.4 Å². The molecule has 0 radical (unpaired) electrons. The summed E-state index contributed by atoms with van der Waals surface area (Å²) in [5.74, 6) is 0.760. The summed E-state index contributed by atoms with van der Waals surface area (Å²) >= 11 is 7.58. The zero-order chi connectivity index (χ0) is 15.0. The minimum Gasteiger partial charge on any atom is -0.310 e. The molecule has 2 heterocycles. The Kier molecular flexibility index (Phi) is 3.83. The Morgan fingerprint density at radius 1 is 1.38 bits per heavy atom. The van der Waals surface area contributed by atoms with Crippen molar-refractivity contribution in [3.8, 4) is 11.1 Å². The van der Waals surface area contributed by atoms with Crippen LogP contribution in [0.5, 0.6) is 0 Å². The molecule has 5 heteroatoms. The van der Waals surface area contributed by atoms with Crippen molar-refractivity contribution in [1.82, 2.24) is 9.97 Å². The van der Waals surface area contributed by atoms with E-state index in [0.717, 1.165) is 45.2 Å². The van der Waals surface area contributed by atoms with Crippen LogP contribution in [0.3, 0.4) is 0 Å². The molecular formula is C16H15ClN2OS. The van der Waals surface area contributed by atoms with Crippen LogP contribution in [0, 0.1) is 6.92 Å². The van der Waals surface area contributed by atoms with Crippen molar-refractivity contribution >= 4 is 33.2 Å². The molecule has 0 bridgehead atoms. The highest BCUT2D eigenvalue weighted by Gasteiger charge is 2.13. The number of aryl methyl sites for hydroxylation is 2. The third-order valence-electron chi connectivity index (χ3n) is 3.45. The number of nitrogens with one attached hydrogen (secondary N) is 1. The number of hydrogen-bond acceptors (Lipinski definition) is 3. The topological polar surface area (TPSA) is 45.8 Å². The van der Waals surface area contributed by atoms with Crippen molar-refractivity contribution in [1.29, 1.82) is 0 Å². The first-order chi connectivity index (χ1) is 10.1. The normalized spacial score (nSPS) is 11.2. The predicted octanol–water partition coefficient (Wildman–Crippen LogP) is 4.57. The van der Waals surface area contributed by atoms with Crippen molar-refractivity contribution in [2.24, 2.45) is 0 Å². The lowest BCUT2D eigenvalue weighted by atomic mass is 10.0. The fourth-order valence-corrected chi connectivity index (χ4v) is 3.46. The molecule has 0 aliphatic carbocycles. The zero-order valence-electron chi connectivity index (χ0n) is 11.9. The molecule has 0 aliphatic heterocycles. The van der Waals surface area contributed by atoms with Crippen LogP contribution in [-0.4, -0.2) is 9.97 Å². The Balaban J connectivity index is 2.20. The Morgan fingerprint density at radius 2 is 2.19 bits per heavy atom. The molecule has 108 valence electrons. The quantitative estimate of drug-likeness (QED) is 0.769. The largest absolute Gasteiger partial charge is 0.310 e. The molecule has 0 spiro atoms. The number of hydrogen-bond donors (Lipinski definition) is 1. The lowest BCUT2D eigenvalue weighted by molar-refractivity contribution is 0.838. The van der Waals surface area contributed by atoms with Gasteiger partial charge in [0.2, 0.25) is 0 Å². The average Bonchev–Trinajstić information content (AvgIpc) is 2.87. The first kappa shape index (κ1) is 14.3. The molecular weight excluding hydrogens is 304 g/mol. The Bertz CT molecular complexity index is 866. The van der Waals surface area contributed by atoms with Gasteiger partial charge < -0.3 is 4.98 Å². The van der Waals surface area contributed by atoms with Crippen molar-refractivity contribution < 1.29 is 0 Å². The van der Waals surface area contributed by atoms with Gasteiger partial charge in [0.15, 0.2) is 0 Å². The smallest absolute Gasteiger partial charge is 0.260 e. The molecule has 3 nitrogen and oxygen atoms in total. The SMILES string of the molecule is CCCc1nc2scc(-c3ccc(Cl)c(C)c3)c2c(=O)[nH]1. The molecule has 3 rings (SSSR count). The van der Waals surface area contributed by atoms with Crippen molar-refractivity contribution in [3.63, 3.8) is 0 Å². The molecule has 0 fully saturated rings. The first-order valence-electron chi connectivity index (χ1n) is 6.87. The molecule has 21 heavy (non-hydrogen) atoms. The van der Waals surface area contributed by atoms with Crippen LogP contribution in [-0.2, 0) is 6.42 Å². The van der Waals surface area contributed by atoms with E-state index in [1.54, 1.807) is 0 Å². The highest BCUT2D eigenvalue weighted by Crippen LogP contribution is 2.32. The highest BCUT2D eigenvalue weighted by atomic mass is 35.5. The zero-order valence-corrected chi connectivity index (χ0v) is 13.4. The Hall–Kier alpha value is -1.65. The number of H-pyrrole nitrogens is 1. The lowest BCUT2D eigenvalue weighted by Gasteiger charge is -2.03. The molecule has 0 saturated carbocycles. The maximum absolute atomic E-state index is 12.4. The molecule has 0 saturated heterocycles. The molecule has 0 aliphatic rings. The van der Waals surface area contributed by atoms with Gasteiger partial charge in [0.1, 0.15) is 10.7 Å². The summed E-state index contributed by atoms with van der Waals surface area (Å²) in [5, 5.41) is 3.39. The van der Waals surface area contributed by atoms with E-state index in [1.807, 2.05) is 30.5 Å². The fourth-order valence-electron chi connectivity index (χ4n) is 2.37. The number of halogens is 1. The van der Waals surface area contributed by atoms with E-state index in [1.165, 1.54) is 11.3 Å². The van der Waals surface area contributed by atoms with Crippen molar-refractivity contribution in [3.05, 3.63) is 50.3 Å². The number of fused-ring (bicyclic) bond motifs is 1. The minimum atomic E-state index is -0.0627. The van der Waals surface area contributed by atoms with Crippen molar-refractivity contribution in [2.75, 3.05) is 0 Å². The van der Waals surface area contributed by atoms with E-state index in [9.17, 15) is 4.79 Å². The van der Waals surface area contributed by atoms with E-state index in [4.69, 9.17) is 11.6 Å². The van der Waals surface area contributed by atoms with Crippen LogP contribution in [0.25, 0.3) is 21.3 Å². The highest BCUT2D eigenvalue weighted by molar-refractivity contribution is 7.17. The molecule has 3 aromatic rings. The molecule has 1 N–H and O–H groups in total. The number of aromatic amines is 1. The van der Waals surface area contributed by atoms with Gasteiger partial charge in [0.25, 0.3) is 5.56 Å².